The van der Waals surface area contributed by atoms with Crippen molar-refractivity contribution in [3.05, 3.63) is 12.2 Å². The van der Waals surface area contributed by atoms with Crippen molar-refractivity contribution in [1.82, 2.24) is 5.32 Å². The van der Waals surface area contributed by atoms with Crippen LogP contribution in [-0.2, 0) is 4.74 Å². The van der Waals surface area contributed by atoms with Gasteiger partial charge in [0.2, 0.25) is 0 Å². The lowest BCUT2D eigenvalue weighted by Gasteiger charge is -2.32. The fourth-order valence-electron chi connectivity index (χ4n) is 3.03. The molecular weight excluding hydrogens is 174 g/mol. The molecule has 2 saturated heterocycles. The second kappa shape index (κ2) is 3.67. The maximum Gasteiger partial charge on any atom is 0.0732 e. The van der Waals surface area contributed by atoms with E-state index < -0.39 is 0 Å². The fraction of sp³-hybridized carbons (Fsp3) is 0.833. The van der Waals surface area contributed by atoms with E-state index in [4.69, 9.17) is 4.74 Å². The zero-order valence-corrected chi connectivity index (χ0v) is 8.61. The van der Waals surface area contributed by atoms with E-state index in [0.29, 0.717) is 24.3 Å². The summed E-state index contributed by atoms with van der Waals surface area (Å²) in [4.78, 5) is 0. The monoisotopic (exact) mass is 193 g/mol. The summed E-state index contributed by atoms with van der Waals surface area (Å²) in [7, 11) is 0. The molecule has 0 amide bonds. The number of hydrogen-bond donors (Lipinski definition) is 1. The van der Waals surface area contributed by atoms with Gasteiger partial charge in [0.1, 0.15) is 0 Å². The first kappa shape index (κ1) is 8.93. The molecule has 4 unspecified atom stereocenters. The molecule has 0 aromatic heterocycles. The van der Waals surface area contributed by atoms with E-state index in [-0.39, 0.29) is 0 Å². The Morgan fingerprint density at radius 3 is 2.86 bits per heavy atom. The van der Waals surface area contributed by atoms with Crippen LogP contribution in [-0.4, -0.2) is 24.3 Å². The molecule has 3 rings (SSSR count). The topological polar surface area (TPSA) is 21.3 Å². The molecule has 2 bridgehead atoms. The SMILES string of the molecule is C1=CC(NC2CCC3CCC2O3)CC1. The van der Waals surface area contributed by atoms with E-state index in [1.165, 1.54) is 38.5 Å². The number of nitrogens with one attached hydrogen (secondary N) is 1. The summed E-state index contributed by atoms with van der Waals surface area (Å²) in [5, 5.41) is 3.73. The van der Waals surface area contributed by atoms with E-state index in [2.05, 4.69) is 17.5 Å². The molecule has 14 heavy (non-hydrogen) atoms. The molecule has 0 spiro atoms. The predicted molar refractivity (Wildman–Crippen MR) is 56.2 cm³/mol. The maximum absolute atomic E-state index is 5.93. The quantitative estimate of drug-likeness (QED) is 0.677. The Labute approximate surface area is 85.7 Å². The number of ether oxygens (including phenoxy) is 1. The van der Waals surface area contributed by atoms with Crippen molar-refractivity contribution in [3.8, 4) is 0 Å². The van der Waals surface area contributed by atoms with Crippen molar-refractivity contribution in [1.29, 1.82) is 0 Å². The minimum absolute atomic E-state index is 0.516. The molecule has 2 heterocycles. The minimum atomic E-state index is 0.516. The van der Waals surface area contributed by atoms with Gasteiger partial charge in [-0.1, -0.05) is 12.2 Å². The Kier molecular flexibility index (Phi) is 2.34. The summed E-state index contributed by atoms with van der Waals surface area (Å²) in [5.41, 5.74) is 0. The highest BCUT2D eigenvalue weighted by Gasteiger charge is 2.37. The van der Waals surface area contributed by atoms with Crippen molar-refractivity contribution >= 4 is 0 Å². The Bertz CT molecular complexity index is 238. The highest BCUT2D eigenvalue weighted by molar-refractivity contribution is 5.03. The predicted octanol–water partition coefficient (Wildman–Crippen LogP) is 2.00. The molecular formula is C12H19NO. The van der Waals surface area contributed by atoms with Crippen molar-refractivity contribution < 1.29 is 4.74 Å². The van der Waals surface area contributed by atoms with E-state index in [0.717, 1.165) is 0 Å². The van der Waals surface area contributed by atoms with Crippen LogP contribution in [0.3, 0.4) is 0 Å². The lowest BCUT2D eigenvalue weighted by molar-refractivity contribution is -0.0178. The normalized spacial score (nSPS) is 46.0. The third-order valence-electron chi connectivity index (χ3n) is 3.83. The van der Waals surface area contributed by atoms with Crippen molar-refractivity contribution in [2.24, 2.45) is 0 Å². The molecule has 1 N–H and O–H groups in total. The lowest BCUT2D eigenvalue weighted by atomic mass is 10.0. The number of allylic oxidation sites excluding steroid dienone is 1. The van der Waals surface area contributed by atoms with Gasteiger partial charge in [-0.05, 0) is 38.5 Å². The molecule has 0 radical (unpaired) electrons. The first-order valence-electron chi connectivity index (χ1n) is 6.00. The largest absolute Gasteiger partial charge is 0.373 e. The van der Waals surface area contributed by atoms with Crippen LogP contribution in [0.15, 0.2) is 12.2 Å². The third kappa shape index (κ3) is 1.61. The van der Waals surface area contributed by atoms with Crippen LogP contribution < -0.4 is 5.32 Å². The van der Waals surface area contributed by atoms with Crippen LogP contribution in [0.1, 0.15) is 38.5 Å². The Hall–Kier alpha value is -0.340. The second-order valence-corrected chi connectivity index (χ2v) is 4.84. The zero-order valence-electron chi connectivity index (χ0n) is 8.61. The Balaban J connectivity index is 1.59. The minimum Gasteiger partial charge on any atom is -0.373 e. The van der Waals surface area contributed by atoms with E-state index in [1.807, 2.05) is 0 Å². The van der Waals surface area contributed by atoms with E-state index in [9.17, 15) is 0 Å². The molecule has 0 saturated carbocycles. The average Bonchev–Trinajstić information content (AvgIpc) is 2.80. The van der Waals surface area contributed by atoms with Crippen LogP contribution >= 0.6 is 0 Å². The molecule has 2 aliphatic heterocycles. The lowest BCUT2D eigenvalue weighted by Crippen LogP contribution is -2.46. The first-order chi connectivity index (χ1) is 6.92. The van der Waals surface area contributed by atoms with Crippen LogP contribution in [0, 0.1) is 0 Å². The molecule has 2 nitrogen and oxygen atoms in total. The van der Waals surface area contributed by atoms with Crippen LogP contribution in [0.4, 0.5) is 0 Å². The summed E-state index contributed by atoms with van der Waals surface area (Å²) >= 11 is 0. The third-order valence-corrected chi connectivity index (χ3v) is 3.83. The maximum atomic E-state index is 5.93. The summed E-state index contributed by atoms with van der Waals surface area (Å²) in [6.45, 7) is 0. The molecule has 0 aromatic rings. The van der Waals surface area contributed by atoms with Gasteiger partial charge in [-0.2, -0.15) is 0 Å². The van der Waals surface area contributed by atoms with E-state index in [1.54, 1.807) is 0 Å². The Morgan fingerprint density at radius 1 is 1.07 bits per heavy atom. The van der Waals surface area contributed by atoms with Crippen molar-refractivity contribution in [3.63, 3.8) is 0 Å². The molecule has 3 aliphatic rings. The number of rotatable bonds is 2. The molecule has 2 fully saturated rings. The first-order valence-corrected chi connectivity index (χ1v) is 6.00. The van der Waals surface area contributed by atoms with Gasteiger partial charge < -0.3 is 10.1 Å². The summed E-state index contributed by atoms with van der Waals surface area (Å²) in [5.74, 6) is 0. The molecule has 78 valence electrons. The summed E-state index contributed by atoms with van der Waals surface area (Å²) in [6.07, 6.45) is 13.4. The standard InChI is InChI=1S/C12H19NO/c1-2-4-9(3-1)13-11-7-5-10-6-8-12(11)14-10/h1,3,9-13H,2,4-8H2. The van der Waals surface area contributed by atoms with Gasteiger partial charge in [-0.25, -0.2) is 0 Å². The molecule has 1 aliphatic carbocycles. The van der Waals surface area contributed by atoms with Crippen LogP contribution in [0.5, 0.6) is 0 Å². The smallest absolute Gasteiger partial charge is 0.0732 e. The highest BCUT2D eigenvalue weighted by atomic mass is 16.5. The second-order valence-electron chi connectivity index (χ2n) is 4.84. The average molecular weight is 193 g/mol. The number of fused-ring (bicyclic) bond motifs is 2. The van der Waals surface area contributed by atoms with Crippen LogP contribution in [0.2, 0.25) is 0 Å². The van der Waals surface area contributed by atoms with Crippen molar-refractivity contribution in [2.75, 3.05) is 0 Å². The molecule has 4 atom stereocenters. The highest BCUT2D eigenvalue weighted by Crippen LogP contribution is 2.33. The van der Waals surface area contributed by atoms with Gasteiger partial charge >= 0.3 is 0 Å². The van der Waals surface area contributed by atoms with Gasteiger partial charge in [0.05, 0.1) is 12.2 Å². The van der Waals surface area contributed by atoms with Gasteiger partial charge in [0.15, 0.2) is 0 Å². The zero-order chi connectivity index (χ0) is 9.38. The van der Waals surface area contributed by atoms with Crippen molar-refractivity contribution in [2.45, 2.75) is 62.8 Å². The fourth-order valence-corrected chi connectivity index (χ4v) is 3.03. The van der Waals surface area contributed by atoms with Gasteiger partial charge in [-0.3, -0.25) is 0 Å². The number of hydrogen-bond acceptors (Lipinski definition) is 2. The van der Waals surface area contributed by atoms with Gasteiger partial charge in [0.25, 0.3) is 0 Å². The van der Waals surface area contributed by atoms with Gasteiger partial charge in [-0.15, -0.1) is 0 Å². The Morgan fingerprint density at radius 2 is 2.00 bits per heavy atom. The van der Waals surface area contributed by atoms with Crippen LogP contribution in [0.25, 0.3) is 0 Å². The summed E-state index contributed by atoms with van der Waals surface area (Å²) in [6, 6.07) is 1.25. The summed E-state index contributed by atoms with van der Waals surface area (Å²) < 4.78 is 5.93. The molecule has 0 aromatic carbocycles. The van der Waals surface area contributed by atoms with E-state index >= 15 is 0 Å². The van der Waals surface area contributed by atoms with Gasteiger partial charge in [0, 0.05) is 12.1 Å². The molecule has 2 heteroatoms.